The van der Waals surface area contributed by atoms with Crippen LogP contribution in [-0.2, 0) is 4.79 Å². The minimum atomic E-state index is -1.18. The Morgan fingerprint density at radius 3 is 1.70 bits per heavy atom. The first-order valence-electron chi connectivity index (χ1n) is 3.53. The van der Waals surface area contributed by atoms with Gasteiger partial charge in [-0.1, -0.05) is 24.8 Å². The van der Waals surface area contributed by atoms with Gasteiger partial charge in [0.2, 0.25) is 0 Å². The van der Waals surface area contributed by atoms with Crippen LogP contribution in [0.4, 0.5) is 0 Å². The van der Waals surface area contributed by atoms with Gasteiger partial charge in [0.25, 0.3) is 0 Å². The van der Waals surface area contributed by atoms with Gasteiger partial charge in [0, 0.05) is 0 Å². The van der Waals surface area contributed by atoms with Crippen molar-refractivity contribution in [1.82, 2.24) is 0 Å². The van der Waals surface area contributed by atoms with Crippen molar-refractivity contribution in [1.29, 1.82) is 0 Å². The van der Waals surface area contributed by atoms with Gasteiger partial charge in [0.1, 0.15) is 0 Å². The third kappa shape index (κ3) is 3.61. The number of ketones is 1. The van der Waals surface area contributed by atoms with Gasteiger partial charge in [-0.15, -0.1) is 0 Å². The molecule has 58 valence electrons. The lowest BCUT2D eigenvalue weighted by Crippen LogP contribution is -2.22. The fourth-order valence-corrected chi connectivity index (χ4v) is 1.16. The Balaban J connectivity index is 4.35. The monoisotopic (exact) mass is 156 g/mol. The first kappa shape index (κ1) is 9.63. The Morgan fingerprint density at radius 1 is 1.20 bits per heavy atom. The summed E-state index contributed by atoms with van der Waals surface area (Å²) in [6, 6.07) is 0. The lowest BCUT2D eigenvalue weighted by molar-refractivity contribution is -0.112. The van der Waals surface area contributed by atoms with E-state index in [1.54, 1.807) is 13.0 Å². The summed E-state index contributed by atoms with van der Waals surface area (Å²) in [7, 11) is -1.18. The summed E-state index contributed by atoms with van der Waals surface area (Å²) >= 11 is 0. The average molecular weight is 156 g/mol. The molecule has 0 N–H and O–H groups in total. The Morgan fingerprint density at radius 2 is 1.60 bits per heavy atom. The molecule has 0 aromatic carbocycles. The maximum atomic E-state index is 10.6. The molecule has 0 aliphatic carbocycles. The van der Waals surface area contributed by atoms with Crippen LogP contribution in [0.1, 0.15) is 13.8 Å². The lowest BCUT2D eigenvalue weighted by Gasteiger charge is -2.15. The van der Waals surface area contributed by atoms with Crippen LogP contribution in [0.25, 0.3) is 0 Å². The molecular formula is C8H16OSi. The quantitative estimate of drug-likeness (QED) is 0.443. The van der Waals surface area contributed by atoms with Crippen LogP contribution < -0.4 is 0 Å². The Bertz CT molecular complexity index is 163. The number of hydrogen-bond acceptors (Lipinski definition) is 1. The highest BCUT2D eigenvalue weighted by Gasteiger charge is 2.15. The summed E-state index contributed by atoms with van der Waals surface area (Å²) in [5.74, 6) is 0.167. The Hall–Kier alpha value is -0.373. The molecule has 10 heavy (non-hydrogen) atoms. The molecule has 0 bridgehead atoms. The van der Waals surface area contributed by atoms with Crippen molar-refractivity contribution in [2.45, 2.75) is 33.5 Å². The van der Waals surface area contributed by atoms with Crippen LogP contribution in [0.5, 0.6) is 0 Å². The molecule has 2 heteroatoms. The van der Waals surface area contributed by atoms with Gasteiger partial charge in [-0.25, -0.2) is 0 Å². The van der Waals surface area contributed by atoms with Crippen LogP contribution >= 0.6 is 0 Å². The Labute approximate surface area is 64.1 Å². The highest BCUT2D eigenvalue weighted by Crippen LogP contribution is 2.12. The molecule has 0 spiro atoms. The van der Waals surface area contributed by atoms with Crippen molar-refractivity contribution in [2.75, 3.05) is 0 Å². The summed E-state index contributed by atoms with van der Waals surface area (Å²) in [6.07, 6.45) is 1.76. The number of carbonyl (C=O) groups excluding carboxylic acids is 1. The van der Waals surface area contributed by atoms with Gasteiger partial charge in [0.05, 0.1) is 8.07 Å². The van der Waals surface area contributed by atoms with E-state index in [1.165, 1.54) is 5.20 Å². The zero-order valence-electron chi connectivity index (χ0n) is 7.49. The molecule has 0 saturated carbocycles. The second-order valence-electron chi connectivity index (χ2n) is 3.69. The van der Waals surface area contributed by atoms with E-state index >= 15 is 0 Å². The molecule has 0 aromatic heterocycles. The molecule has 0 unspecified atom stereocenters. The SMILES string of the molecule is CC(=O)C=C(C)[Si](C)(C)C. The molecule has 0 atom stereocenters. The zero-order chi connectivity index (χ0) is 8.36. The molecule has 1 nitrogen and oxygen atoms in total. The number of rotatable bonds is 2. The first-order chi connectivity index (χ1) is 4.34. The maximum absolute atomic E-state index is 10.6. The van der Waals surface area contributed by atoms with E-state index in [0.29, 0.717) is 0 Å². The van der Waals surface area contributed by atoms with Crippen LogP contribution in [0.2, 0.25) is 19.6 Å². The predicted octanol–water partition coefficient (Wildman–Crippen LogP) is 2.40. The van der Waals surface area contributed by atoms with Gasteiger partial charge in [0.15, 0.2) is 5.78 Å². The molecule has 0 radical (unpaired) electrons. The summed E-state index contributed by atoms with van der Waals surface area (Å²) in [6.45, 7) is 10.4. The highest BCUT2D eigenvalue weighted by atomic mass is 28.3. The van der Waals surface area contributed by atoms with Crippen molar-refractivity contribution >= 4 is 13.9 Å². The largest absolute Gasteiger partial charge is 0.295 e. The second kappa shape index (κ2) is 3.15. The molecular weight excluding hydrogens is 140 g/mol. The lowest BCUT2D eigenvalue weighted by atomic mass is 10.4. The van der Waals surface area contributed by atoms with Crippen LogP contribution in [0, 0.1) is 0 Å². The minimum absolute atomic E-state index is 0.167. The van der Waals surface area contributed by atoms with Crippen molar-refractivity contribution in [3.63, 3.8) is 0 Å². The van der Waals surface area contributed by atoms with Crippen LogP contribution in [-0.4, -0.2) is 13.9 Å². The van der Waals surface area contributed by atoms with E-state index in [2.05, 4.69) is 19.6 Å². The highest BCUT2D eigenvalue weighted by molar-refractivity contribution is 6.83. The molecule has 0 amide bonds. The predicted molar refractivity (Wildman–Crippen MR) is 47.8 cm³/mol. The molecule has 0 fully saturated rings. The normalized spacial score (nSPS) is 13.5. The number of allylic oxidation sites excluding steroid dienone is 2. The van der Waals surface area contributed by atoms with Crippen LogP contribution in [0.3, 0.4) is 0 Å². The summed E-state index contributed by atoms with van der Waals surface area (Å²) in [5, 5.41) is 1.28. The Kier molecular flexibility index (Phi) is 3.03. The fourth-order valence-electron chi connectivity index (χ4n) is 0.521. The van der Waals surface area contributed by atoms with Gasteiger partial charge in [-0.05, 0) is 19.9 Å². The summed E-state index contributed by atoms with van der Waals surface area (Å²) < 4.78 is 0. The molecule has 0 heterocycles. The fraction of sp³-hybridized carbons (Fsp3) is 0.625. The second-order valence-corrected chi connectivity index (χ2v) is 8.98. The van der Waals surface area contributed by atoms with E-state index in [-0.39, 0.29) is 5.78 Å². The molecule has 0 aromatic rings. The third-order valence-electron chi connectivity index (χ3n) is 1.60. The van der Waals surface area contributed by atoms with E-state index in [9.17, 15) is 4.79 Å². The molecule has 0 rings (SSSR count). The molecule has 0 aliphatic heterocycles. The average Bonchev–Trinajstić information content (AvgIpc) is 1.60. The van der Waals surface area contributed by atoms with Crippen molar-refractivity contribution in [3.8, 4) is 0 Å². The standard InChI is InChI=1S/C8H16OSi/c1-7(9)6-8(2)10(3,4)5/h6H,1-5H3. The molecule has 0 saturated heterocycles. The van der Waals surface area contributed by atoms with E-state index in [4.69, 9.17) is 0 Å². The van der Waals surface area contributed by atoms with Crippen LogP contribution in [0.15, 0.2) is 11.3 Å². The minimum Gasteiger partial charge on any atom is -0.295 e. The van der Waals surface area contributed by atoms with E-state index in [1.807, 2.05) is 6.92 Å². The smallest absolute Gasteiger partial charge is 0.152 e. The topological polar surface area (TPSA) is 17.1 Å². The van der Waals surface area contributed by atoms with Gasteiger partial charge >= 0.3 is 0 Å². The first-order valence-corrected chi connectivity index (χ1v) is 7.03. The van der Waals surface area contributed by atoms with Crippen molar-refractivity contribution in [3.05, 3.63) is 11.3 Å². The van der Waals surface area contributed by atoms with E-state index < -0.39 is 8.07 Å². The van der Waals surface area contributed by atoms with Crippen molar-refractivity contribution in [2.24, 2.45) is 0 Å². The van der Waals surface area contributed by atoms with Crippen molar-refractivity contribution < 1.29 is 4.79 Å². The van der Waals surface area contributed by atoms with Gasteiger partial charge in [-0.3, -0.25) is 4.79 Å². The van der Waals surface area contributed by atoms with Gasteiger partial charge in [-0.2, -0.15) is 0 Å². The summed E-state index contributed by atoms with van der Waals surface area (Å²) in [5.41, 5.74) is 0. The number of hydrogen-bond donors (Lipinski definition) is 0. The number of carbonyl (C=O) groups is 1. The summed E-state index contributed by atoms with van der Waals surface area (Å²) in [4.78, 5) is 10.6. The third-order valence-corrected chi connectivity index (χ3v) is 4.11. The molecule has 0 aliphatic rings. The zero-order valence-corrected chi connectivity index (χ0v) is 8.49. The maximum Gasteiger partial charge on any atom is 0.152 e. The van der Waals surface area contributed by atoms with E-state index in [0.717, 1.165) is 0 Å². The van der Waals surface area contributed by atoms with Gasteiger partial charge < -0.3 is 0 Å².